The number of rotatable bonds is 7. The van der Waals surface area contributed by atoms with E-state index >= 15 is 0 Å². The second kappa shape index (κ2) is 7.01. The Balaban J connectivity index is 2.67. The van der Waals surface area contributed by atoms with Crippen LogP contribution >= 0.6 is 0 Å². The maximum atomic E-state index is 13.8. The average molecular weight is 266 g/mol. The van der Waals surface area contributed by atoms with E-state index in [0.29, 0.717) is 0 Å². The molecule has 0 amide bonds. The fourth-order valence-corrected chi connectivity index (χ4v) is 2.38. The topological polar surface area (TPSA) is 15.3 Å². The second-order valence-corrected chi connectivity index (χ2v) is 6.06. The largest absolute Gasteiger partial charge is 0.316 e. The Morgan fingerprint density at radius 3 is 2.53 bits per heavy atom. The highest BCUT2D eigenvalue weighted by Crippen LogP contribution is 2.25. The van der Waals surface area contributed by atoms with Crippen molar-refractivity contribution in [3.05, 3.63) is 35.6 Å². The van der Waals surface area contributed by atoms with Crippen LogP contribution in [0.25, 0.3) is 0 Å². The summed E-state index contributed by atoms with van der Waals surface area (Å²) in [6.07, 6.45) is 0. The molecule has 1 rings (SSSR count). The minimum Gasteiger partial charge on any atom is -0.316 e. The van der Waals surface area contributed by atoms with E-state index in [2.05, 4.69) is 45.0 Å². The lowest BCUT2D eigenvalue weighted by Gasteiger charge is -2.34. The van der Waals surface area contributed by atoms with Crippen molar-refractivity contribution in [2.24, 2.45) is 5.41 Å². The Morgan fingerprint density at radius 2 is 1.95 bits per heavy atom. The van der Waals surface area contributed by atoms with Crippen LogP contribution in [0.4, 0.5) is 4.39 Å². The molecule has 0 spiro atoms. The molecule has 0 bridgehead atoms. The van der Waals surface area contributed by atoms with Crippen molar-refractivity contribution in [1.82, 2.24) is 10.2 Å². The van der Waals surface area contributed by atoms with Gasteiger partial charge in [0.25, 0.3) is 0 Å². The summed E-state index contributed by atoms with van der Waals surface area (Å²) in [6.45, 7) is 11.5. The standard InChI is InChI=1S/C16H27FN2/c1-6-18-11-16(3,4)12-19(5)13(2)14-9-7-8-10-15(14)17/h7-10,13,18H,6,11-12H2,1-5H3. The number of nitrogens with zero attached hydrogens (tertiary/aromatic N) is 1. The Hall–Kier alpha value is -0.930. The first-order valence-electron chi connectivity index (χ1n) is 7.03. The molecule has 0 heterocycles. The monoisotopic (exact) mass is 266 g/mol. The van der Waals surface area contributed by atoms with E-state index in [9.17, 15) is 4.39 Å². The quantitative estimate of drug-likeness (QED) is 0.813. The van der Waals surface area contributed by atoms with Crippen LogP contribution in [0, 0.1) is 11.2 Å². The van der Waals surface area contributed by atoms with Crippen LogP contribution in [0.2, 0.25) is 0 Å². The van der Waals surface area contributed by atoms with Crippen LogP contribution in [-0.4, -0.2) is 31.6 Å². The minimum atomic E-state index is -0.119. The molecular formula is C16H27FN2. The smallest absolute Gasteiger partial charge is 0.127 e. The lowest BCUT2D eigenvalue weighted by molar-refractivity contribution is 0.164. The van der Waals surface area contributed by atoms with E-state index in [4.69, 9.17) is 0 Å². The summed E-state index contributed by atoms with van der Waals surface area (Å²) in [4.78, 5) is 2.22. The van der Waals surface area contributed by atoms with Crippen molar-refractivity contribution < 1.29 is 4.39 Å². The molecule has 0 aliphatic carbocycles. The third-order valence-electron chi connectivity index (χ3n) is 3.55. The van der Waals surface area contributed by atoms with E-state index < -0.39 is 0 Å². The van der Waals surface area contributed by atoms with Crippen molar-refractivity contribution in [1.29, 1.82) is 0 Å². The van der Waals surface area contributed by atoms with Crippen LogP contribution in [0.3, 0.4) is 0 Å². The van der Waals surface area contributed by atoms with Gasteiger partial charge in [0, 0.05) is 24.7 Å². The minimum absolute atomic E-state index is 0.0853. The first-order chi connectivity index (χ1) is 8.87. The summed E-state index contributed by atoms with van der Waals surface area (Å²) < 4.78 is 13.8. The predicted octanol–water partition coefficient (Wildman–Crippen LogP) is 3.45. The molecule has 0 fully saturated rings. The molecule has 0 aliphatic heterocycles. The maximum Gasteiger partial charge on any atom is 0.127 e. The first-order valence-corrected chi connectivity index (χ1v) is 7.03. The summed E-state index contributed by atoms with van der Waals surface area (Å²) in [5.41, 5.74) is 0.939. The summed E-state index contributed by atoms with van der Waals surface area (Å²) >= 11 is 0. The van der Waals surface area contributed by atoms with Gasteiger partial charge in [-0.25, -0.2) is 4.39 Å². The molecule has 1 aromatic rings. The van der Waals surface area contributed by atoms with Crippen molar-refractivity contribution in [2.75, 3.05) is 26.7 Å². The average Bonchev–Trinajstić information content (AvgIpc) is 2.35. The fourth-order valence-electron chi connectivity index (χ4n) is 2.38. The molecule has 19 heavy (non-hydrogen) atoms. The summed E-state index contributed by atoms with van der Waals surface area (Å²) in [7, 11) is 2.06. The zero-order chi connectivity index (χ0) is 14.5. The summed E-state index contributed by atoms with van der Waals surface area (Å²) in [5.74, 6) is -0.119. The molecule has 0 aliphatic rings. The number of halogens is 1. The van der Waals surface area contributed by atoms with Crippen molar-refractivity contribution in [3.63, 3.8) is 0 Å². The van der Waals surface area contributed by atoms with Gasteiger partial charge in [0.1, 0.15) is 5.82 Å². The predicted molar refractivity (Wildman–Crippen MR) is 79.8 cm³/mol. The Kier molecular flexibility index (Phi) is 5.95. The molecule has 2 nitrogen and oxygen atoms in total. The molecule has 1 unspecified atom stereocenters. The molecule has 3 heteroatoms. The van der Waals surface area contributed by atoms with E-state index in [1.165, 1.54) is 6.07 Å². The molecule has 1 N–H and O–H groups in total. The van der Waals surface area contributed by atoms with Gasteiger partial charge in [0.05, 0.1) is 0 Å². The maximum absolute atomic E-state index is 13.8. The van der Waals surface area contributed by atoms with Gasteiger partial charge in [-0.05, 0) is 32.0 Å². The molecule has 1 atom stereocenters. The number of benzene rings is 1. The second-order valence-electron chi connectivity index (χ2n) is 6.06. The van der Waals surface area contributed by atoms with E-state index in [1.54, 1.807) is 6.07 Å². The molecule has 108 valence electrons. The van der Waals surface area contributed by atoms with Gasteiger partial charge in [-0.2, -0.15) is 0 Å². The number of hydrogen-bond acceptors (Lipinski definition) is 2. The SMILES string of the molecule is CCNCC(C)(C)CN(C)C(C)c1ccccc1F. The molecule has 0 aromatic heterocycles. The summed E-state index contributed by atoms with van der Waals surface area (Å²) in [5, 5.41) is 3.38. The van der Waals surface area contributed by atoms with Crippen LogP contribution in [-0.2, 0) is 0 Å². The van der Waals surface area contributed by atoms with Gasteiger partial charge < -0.3 is 5.32 Å². The Morgan fingerprint density at radius 1 is 1.32 bits per heavy atom. The van der Waals surface area contributed by atoms with Gasteiger partial charge >= 0.3 is 0 Å². The molecule has 0 saturated carbocycles. The van der Waals surface area contributed by atoms with Crippen LogP contribution in [0.5, 0.6) is 0 Å². The van der Waals surface area contributed by atoms with Crippen molar-refractivity contribution in [2.45, 2.75) is 33.7 Å². The van der Waals surface area contributed by atoms with Gasteiger partial charge in [-0.1, -0.05) is 39.0 Å². The zero-order valence-electron chi connectivity index (χ0n) is 12.8. The lowest BCUT2D eigenvalue weighted by atomic mass is 9.91. The van der Waals surface area contributed by atoms with Gasteiger partial charge in [-0.15, -0.1) is 0 Å². The normalized spacial score (nSPS) is 13.8. The van der Waals surface area contributed by atoms with Crippen molar-refractivity contribution >= 4 is 0 Å². The molecule has 0 saturated heterocycles. The highest BCUT2D eigenvalue weighted by molar-refractivity contribution is 5.20. The first kappa shape index (κ1) is 16.1. The van der Waals surface area contributed by atoms with E-state index in [-0.39, 0.29) is 17.3 Å². The number of nitrogens with one attached hydrogen (secondary N) is 1. The fraction of sp³-hybridized carbons (Fsp3) is 0.625. The highest BCUT2D eigenvalue weighted by atomic mass is 19.1. The van der Waals surface area contributed by atoms with Gasteiger partial charge in [0.2, 0.25) is 0 Å². The van der Waals surface area contributed by atoms with Gasteiger partial charge in [0.15, 0.2) is 0 Å². The van der Waals surface area contributed by atoms with E-state index in [0.717, 1.165) is 25.2 Å². The van der Waals surface area contributed by atoms with Crippen LogP contribution in [0.1, 0.15) is 39.3 Å². The van der Waals surface area contributed by atoms with Gasteiger partial charge in [-0.3, -0.25) is 4.90 Å². The molecule has 0 radical (unpaired) electrons. The third-order valence-corrected chi connectivity index (χ3v) is 3.55. The highest BCUT2D eigenvalue weighted by Gasteiger charge is 2.23. The number of hydrogen-bond donors (Lipinski definition) is 1. The third kappa shape index (κ3) is 4.92. The molecular weight excluding hydrogens is 239 g/mol. The summed E-state index contributed by atoms with van der Waals surface area (Å²) in [6, 6.07) is 7.12. The van der Waals surface area contributed by atoms with Crippen LogP contribution < -0.4 is 5.32 Å². The Bertz CT molecular complexity index is 390. The lowest BCUT2D eigenvalue weighted by Crippen LogP contribution is -2.40. The Labute approximate surface area is 117 Å². The van der Waals surface area contributed by atoms with Crippen molar-refractivity contribution in [3.8, 4) is 0 Å². The van der Waals surface area contributed by atoms with Crippen LogP contribution in [0.15, 0.2) is 24.3 Å². The molecule has 1 aromatic carbocycles. The van der Waals surface area contributed by atoms with E-state index in [1.807, 2.05) is 12.1 Å². The zero-order valence-corrected chi connectivity index (χ0v) is 12.8.